The lowest BCUT2D eigenvalue weighted by Gasteiger charge is -2.55. The third kappa shape index (κ3) is 2.29. The third-order valence-electron chi connectivity index (χ3n) is 5.04. The molecule has 2 radical (unpaired) electrons. The molecule has 0 aromatic carbocycles. The number of carbonyl (C=O) groups is 1. The zero-order valence-corrected chi connectivity index (χ0v) is 14.2. The molecule has 0 aromatic rings. The molecule has 0 atom stereocenters. The largest absolute Gasteiger partial charge is 0.321 e. The Kier molecular flexibility index (Phi) is 3.50. The summed E-state index contributed by atoms with van der Waals surface area (Å²) in [6.07, 6.45) is 0.924. The molecule has 0 aliphatic carbocycles. The summed E-state index contributed by atoms with van der Waals surface area (Å²) >= 11 is 0. The van der Waals surface area contributed by atoms with Gasteiger partial charge in [0.15, 0.2) is 0 Å². The van der Waals surface area contributed by atoms with Crippen molar-refractivity contribution < 1.29 is 15.2 Å². The third-order valence-corrected chi connectivity index (χ3v) is 5.04. The first-order chi connectivity index (χ1) is 9.26. The van der Waals surface area contributed by atoms with E-state index in [-0.39, 0.29) is 5.91 Å². The first-order valence-electron chi connectivity index (χ1n) is 7.49. The molecule has 2 fully saturated rings. The van der Waals surface area contributed by atoms with Crippen LogP contribution < -0.4 is 0 Å². The van der Waals surface area contributed by atoms with Crippen molar-refractivity contribution in [2.24, 2.45) is 0 Å². The lowest BCUT2D eigenvalue weighted by atomic mass is 9.70. The molecule has 2 aliphatic heterocycles. The Labute approximate surface area is 127 Å². The number of rotatable bonds is 0. The molecule has 0 unspecified atom stereocenters. The van der Waals surface area contributed by atoms with Gasteiger partial charge < -0.3 is 4.90 Å². The second kappa shape index (κ2) is 4.41. The van der Waals surface area contributed by atoms with E-state index in [4.69, 9.17) is 0 Å². The van der Waals surface area contributed by atoms with Gasteiger partial charge in [-0.1, -0.05) is 0 Å². The fraction of sp³-hybridized carbons (Fsp3) is 0.933. The first-order valence-corrected chi connectivity index (χ1v) is 7.49. The summed E-state index contributed by atoms with van der Waals surface area (Å²) in [5.41, 5.74) is -2.83. The number of hydrogen-bond acceptors (Lipinski definition) is 3. The maximum absolute atomic E-state index is 13.0. The van der Waals surface area contributed by atoms with Crippen molar-refractivity contribution in [2.75, 3.05) is 6.54 Å². The summed E-state index contributed by atoms with van der Waals surface area (Å²) in [5.74, 6) is -0.0992. The molecule has 2 aliphatic rings. The zero-order valence-electron chi connectivity index (χ0n) is 14.2. The summed E-state index contributed by atoms with van der Waals surface area (Å²) in [7, 11) is 0. The SMILES string of the molecule is CC(=O)N1CC2(CC(C)(C)N([O])C(C)(C)C2)N([O])C1(C)C. The van der Waals surface area contributed by atoms with Crippen molar-refractivity contribution in [3.05, 3.63) is 0 Å². The Morgan fingerprint density at radius 3 is 1.62 bits per heavy atom. The van der Waals surface area contributed by atoms with Gasteiger partial charge in [0.2, 0.25) is 5.91 Å². The Bertz CT molecular complexity index is 441. The van der Waals surface area contributed by atoms with Crippen molar-refractivity contribution in [1.82, 2.24) is 15.0 Å². The van der Waals surface area contributed by atoms with Gasteiger partial charge >= 0.3 is 0 Å². The highest BCUT2D eigenvalue weighted by Gasteiger charge is 2.64. The molecule has 1 spiro atoms. The minimum atomic E-state index is -0.872. The van der Waals surface area contributed by atoms with Gasteiger partial charge in [-0.2, -0.15) is 0 Å². The van der Waals surface area contributed by atoms with Crippen LogP contribution in [0.1, 0.15) is 61.3 Å². The summed E-state index contributed by atoms with van der Waals surface area (Å²) in [4.78, 5) is 13.5. The Morgan fingerprint density at radius 2 is 1.29 bits per heavy atom. The number of amides is 1. The van der Waals surface area contributed by atoms with Gasteiger partial charge in [-0.15, -0.1) is 20.5 Å². The fourth-order valence-corrected chi connectivity index (χ4v) is 4.63. The van der Waals surface area contributed by atoms with Gasteiger partial charge in [0, 0.05) is 24.5 Å². The zero-order chi connectivity index (χ0) is 16.4. The van der Waals surface area contributed by atoms with E-state index in [1.165, 1.54) is 6.92 Å². The van der Waals surface area contributed by atoms with Crippen molar-refractivity contribution in [1.29, 1.82) is 0 Å². The Morgan fingerprint density at radius 1 is 0.857 bits per heavy atom. The van der Waals surface area contributed by atoms with E-state index >= 15 is 0 Å². The van der Waals surface area contributed by atoms with Crippen LogP contribution >= 0.6 is 0 Å². The predicted octanol–water partition coefficient (Wildman–Crippen LogP) is 1.97. The molecule has 120 valence electrons. The molecule has 2 heterocycles. The normalized spacial score (nSPS) is 30.8. The Hall–Kier alpha value is -0.690. The standard InChI is InChI=1S/C15H27N3O3/c1-11(19)16-10-15(18(21)14(16,6)7)8-12(2,3)17(20)13(4,5)9-15/h8-10H2,1-7H3. The molecular weight excluding hydrogens is 270 g/mol. The van der Waals surface area contributed by atoms with E-state index in [1.54, 1.807) is 18.7 Å². The average molecular weight is 297 g/mol. The van der Waals surface area contributed by atoms with Crippen LogP contribution in [0, 0.1) is 0 Å². The lowest BCUT2D eigenvalue weighted by molar-refractivity contribution is -0.338. The van der Waals surface area contributed by atoms with Crippen LogP contribution in [0.15, 0.2) is 0 Å². The minimum Gasteiger partial charge on any atom is -0.321 e. The van der Waals surface area contributed by atoms with Crippen molar-refractivity contribution in [3.63, 3.8) is 0 Å². The molecule has 6 nitrogen and oxygen atoms in total. The number of nitrogens with zero attached hydrogens (tertiary/aromatic N) is 3. The molecule has 2 saturated heterocycles. The molecule has 0 saturated carbocycles. The molecule has 1 amide bonds. The molecule has 0 aromatic heterocycles. The van der Waals surface area contributed by atoms with Gasteiger partial charge in [0.1, 0.15) is 5.66 Å². The quantitative estimate of drug-likeness (QED) is 0.686. The van der Waals surface area contributed by atoms with Gasteiger partial charge in [0.25, 0.3) is 0 Å². The number of carbonyl (C=O) groups excluding carboxylic acids is 1. The molecule has 2 rings (SSSR count). The Balaban J connectivity index is 2.46. The van der Waals surface area contributed by atoms with E-state index in [0.29, 0.717) is 19.4 Å². The fourth-order valence-electron chi connectivity index (χ4n) is 4.63. The second-order valence-corrected chi connectivity index (χ2v) is 8.39. The van der Waals surface area contributed by atoms with Gasteiger partial charge in [0.05, 0.1) is 5.54 Å². The first kappa shape index (κ1) is 16.7. The summed E-state index contributed by atoms with van der Waals surface area (Å²) in [6.45, 7) is 12.9. The highest BCUT2D eigenvalue weighted by molar-refractivity contribution is 5.74. The number of piperidine rings is 1. The summed E-state index contributed by atoms with van der Waals surface area (Å²) in [6, 6.07) is 0. The highest BCUT2D eigenvalue weighted by atomic mass is 16.5. The monoisotopic (exact) mass is 297 g/mol. The maximum Gasteiger partial charge on any atom is 0.221 e. The maximum atomic E-state index is 13.0. The molecule has 21 heavy (non-hydrogen) atoms. The smallest absolute Gasteiger partial charge is 0.221 e. The van der Waals surface area contributed by atoms with Crippen LogP contribution in [0.3, 0.4) is 0 Å². The van der Waals surface area contributed by atoms with Crippen LogP contribution in [0.2, 0.25) is 0 Å². The predicted molar refractivity (Wildman–Crippen MR) is 76.6 cm³/mol. The summed E-state index contributed by atoms with van der Waals surface area (Å²) in [5, 5.41) is 27.7. The van der Waals surface area contributed by atoms with Crippen LogP contribution in [0.5, 0.6) is 0 Å². The van der Waals surface area contributed by atoms with Crippen molar-refractivity contribution in [3.8, 4) is 0 Å². The molecule has 0 N–H and O–H groups in total. The van der Waals surface area contributed by atoms with E-state index in [0.717, 1.165) is 10.1 Å². The number of hydroxylamine groups is 4. The van der Waals surface area contributed by atoms with E-state index in [9.17, 15) is 15.2 Å². The molecular formula is C15H27N3O3. The molecule has 6 heteroatoms. The topological polar surface area (TPSA) is 66.6 Å². The van der Waals surface area contributed by atoms with Gasteiger partial charge in [-0.3, -0.25) is 4.79 Å². The van der Waals surface area contributed by atoms with Crippen LogP contribution in [0.4, 0.5) is 0 Å². The van der Waals surface area contributed by atoms with Crippen LogP contribution in [-0.2, 0) is 15.2 Å². The van der Waals surface area contributed by atoms with Crippen molar-refractivity contribution >= 4 is 5.91 Å². The van der Waals surface area contributed by atoms with Gasteiger partial charge in [-0.25, -0.2) is 0 Å². The van der Waals surface area contributed by atoms with Crippen LogP contribution in [0.25, 0.3) is 0 Å². The molecule has 0 bridgehead atoms. The highest BCUT2D eigenvalue weighted by Crippen LogP contribution is 2.51. The van der Waals surface area contributed by atoms with Crippen molar-refractivity contribution in [2.45, 2.75) is 83.6 Å². The van der Waals surface area contributed by atoms with E-state index < -0.39 is 22.3 Å². The lowest BCUT2D eigenvalue weighted by Crippen LogP contribution is -2.67. The van der Waals surface area contributed by atoms with Crippen LogP contribution in [-0.4, -0.2) is 49.8 Å². The van der Waals surface area contributed by atoms with E-state index in [1.807, 2.05) is 27.7 Å². The van der Waals surface area contributed by atoms with E-state index in [2.05, 4.69) is 0 Å². The van der Waals surface area contributed by atoms with Gasteiger partial charge in [-0.05, 0) is 54.4 Å². The average Bonchev–Trinajstić information content (AvgIpc) is 2.47. The second-order valence-electron chi connectivity index (χ2n) is 8.39. The summed E-state index contributed by atoms with van der Waals surface area (Å²) < 4.78 is 0. The number of hydrogen-bond donors (Lipinski definition) is 0. The minimum absolute atomic E-state index is 0.0992.